The summed E-state index contributed by atoms with van der Waals surface area (Å²) in [5, 5.41) is 8.11. The second-order valence-corrected chi connectivity index (χ2v) is 6.36. The molecule has 2 aliphatic heterocycles. The van der Waals surface area contributed by atoms with Crippen LogP contribution in [0.15, 0.2) is 46.6 Å². The van der Waals surface area contributed by atoms with Crippen LogP contribution in [0.4, 0.5) is 11.4 Å². The fraction of sp³-hybridized carbons (Fsp3) is 0.294. The van der Waals surface area contributed by atoms with E-state index in [2.05, 4.69) is 29.9 Å². The Kier molecular flexibility index (Phi) is 3.42. The van der Waals surface area contributed by atoms with Crippen LogP contribution in [0.2, 0.25) is 0 Å². The van der Waals surface area contributed by atoms with Crippen LogP contribution >= 0.6 is 0 Å². The van der Waals surface area contributed by atoms with Crippen LogP contribution in [0.5, 0.6) is 0 Å². The number of anilines is 2. The first-order chi connectivity index (χ1) is 12.1. The highest BCUT2D eigenvalue weighted by Gasteiger charge is 2.40. The molecule has 0 amide bonds. The van der Waals surface area contributed by atoms with Gasteiger partial charge in [-0.1, -0.05) is 45.6 Å². The summed E-state index contributed by atoms with van der Waals surface area (Å²) in [6, 6.07) is 12.1. The van der Waals surface area contributed by atoms with Crippen LogP contribution in [0.3, 0.4) is 0 Å². The smallest absolute Gasteiger partial charge is 0.137 e. The van der Waals surface area contributed by atoms with Gasteiger partial charge in [-0.05, 0) is 37.0 Å². The number of azide groups is 2. The molecule has 0 aliphatic carbocycles. The maximum absolute atomic E-state index is 9.09. The molecule has 124 valence electrons. The largest absolute Gasteiger partial charge is 0.340 e. The van der Waals surface area contributed by atoms with Crippen LogP contribution in [-0.2, 0) is 0 Å². The van der Waals surface area contributed by atoms with Gasteiger partial charge in [-0.15, -0.1) is 0 Å². The minimum atomic E-state index is -0.426. The average molecular weight is 332 g/mol. The van der Waals surface area contributed by atoms with Gasteiger partial charge in [-0.3, -0.25) is 0 Å². The third-order valence-electron chi connectivity index (χ3n) is 4.76. The summed E-state index contributed by atoms with van der Waals surface area (Å²) in [5.74, 6) is 0. The van der Waals surface area contributed by atoms with Crippen LogP contribution in [0.1, 0.15) is 34.6 Å². The van der Waals surface area contributed by atoms with Crippen LogP contribution < -0.4 is 9.80 Å². The molecule has 2 aliphatic rings. The second kappa shape index (κ2) is 5.63. The number of hydrogen-bond donors (Lipinski definition) is 0. The van der Waals surface area contributed by atoms with Gasteiger partial charge in [0.2, 0.25) is 0 Å². The molecule has 0 unspecified atom stereocenters. The van der Waals surface area contributed by atoms with Crippen molar-refractivity contribution in [2.75, 3.05) is 16.5 Å². The van der Waals surface area contributed by atoms with E-state index in [0.29, 0.717) is 6.67 Å². The first-order valence-corrected chi connectivity index (χ1v) is 7.97. The van der Waals surface area contributed by atoms with E-state index in [0.717, 1.165) is 33.6 Å². The number of aryl methyl sites for hydroxylation is 2. The summed E-state index contributed by atoms with van der Waals surface area (Å²) < 4.78 is 0. The van der Waals surface area contributed by atoms with Crippen LogP contribution in [0.25, 0.3) is 20.9 Å². The fourth-order valence-electron chi connectivity index (χ4n) is 3.70. The topological polar surface area (TPSA) is 104 Å². The van der Waals surface area contributed by atoms with E-state index in [4.69, 9.17) is 11.1 Å². The van der Waals surface area contributed by atoms with Crippen LogP contribution in [0, 0.1) is 13.8 Å². The Morgan fingerprint density at radius 3 is 1.68 bits per heavy atom. The van der Waals surface area contributed by atoms with Gasteiger partial charge in [0.05, 0.1) is 6.67 Å². The number of nitrogens with zero attached hydrogens (tertiary/aromatic N) is 8. The van der Waals surface area contributed by atoms with Crippen molar-refractivity contribution in [3.05, 3.63) is 79.5 Å². The number of fused-ring (bicyclic) bond motifs is 6. The highest BCUT2D eigenvalue weighted by atomic mass is 15.5. The molecular formula is C17H16N8. The summed E-state index contributed by atoms with van der Waals surface area (Å²) in [6.07, 6.45) is -0.853. The zero-order chi connectivity index (χ0) is 17.6. The van der Waals surface area contributed by atoms with Gasteiger partial charge in [0, 0.05) is 32.3 Å². The normalized spacial score (nSPS) is 20.1. The Morgan fingerprint density at radius 2 is 1.28 bits per heavy atom. The highest BCUT2D eigenvalue weighted by Crippen LogP contribution is 2.49. The van der Waals surface area contributed by atoms with Crippen molar-refractivity contribution in [2.45, 2.75) is 26.2 Å². The molecule has 2 aromatic rings. The molecular weight excluding hydrogens is 316 g/mol. The Balaban J connectivity index is 2.01. The third kappa shape index (κ3) is 2.24. The van der Waals surface area contributed by atoms with E-state index in [1.165, 1.54) is 0 Å². The standard InChI is InChI=1S/C17H16N8/c1-10-3-5-14-12(7-10)16(20-22-18)25-9-24(14)17(21-23-19)13-8-11(2)4-6-15(13)25/h3-8,16-17H,9H2,1-2H3/t16-,17-/m1/s1. The van der Waals surface area contributed by atoms with Gasteiger partial charge in [0.15, 0.2) is 0 Å². The molecule has 0 fully saturated rings. The zero-order valence-corrected chi connectivity index (χ0v) is 13.9. The maximum atomic E-state index is 9.09. The summed E-state index contributed by atoms with van der Waals surface area (Å²) in [6.45, 7) is 4.51. The molecule has 2 bridgehead atoms. The van der Waals surface area contributed by atoms with Gasteiger partial charge >= 0.3 is 0 Å². The lowest BCUT2D eigenvalue weighted by molar-refractivity contribution is 0.509. The van der Waals surface area contributed by atoms with Crippen molar-refractivity contribution < 1.29 is 0 Å². The van der Waals surface area contributed by atoms with E-state index < -0.39 is 12.3 Å². The van der Waals surface area contributed by atoms with Gasteiger partial charge in [-0.25, -0.2) is 0 Å². The number of hydrogen-bond acceptors (Lipinski definition) is 4. The SMILES string of the molecule is Cc1ccc2c(c1)[C@H](N=[N+]=[N-])N1CN2[C@@H](N=[N+]=[N-])c2cc(C)ccc21. The molecule has 0 spiro atoms. The van der Waals surface area contributed by atoms with Crippen molar-refractivity contribution in [1.82, 2.24) is 0 Å². The molecule has 0 N–H and O–H groups in total. The quantitative estimate of drug-likeness (QED) is 0.427. The van der Waals surface area contributed by atoms with Crippen molar-refractivity contribution in [2.24, 2.45) is 10.2 Å². The first-order valence-electron chi connectivity index (χ1n) is 7.97. The van der Waals surface area contributed by atoms with Gasteiger partial charge in [-0.2, -0.15) is 0 Å². The molecule has 0 saturated heterocycles. The maximum Gasteiger partial charge on any atom is 0.137 e. The molecule has 0 radical (unpaired) electrons. The van der Waals surface area contributed by atoms with Crippen LogP contribution in [-0.4, -0.2) is 6.67 Å². The van der Waals surface area contributed by atoms with E-state index >= 15 is 0 Å². The monoisotopic (exact) mass is 332 g/mol. The van der Waals surface area contributed by atoms with Crippen molar-refractivity contribution in [3.8, 4) is 0 Å². The molecule has 0 saturated carbocycles. The second-order valence-electron chi connectivity index (χ2n) is 6.36. The Hall–Kier alpha value is -3.34. The van der Waals surface area contributed by atoms with Gasteiger partial charge < -0.3 is 9.80 Å². The van der Waals surface area contributed by atoms with E-state index in [9.17, 15) is 0 Å². The first kappa shape index (κ1) is 15.2. The Labute approximate surface area is 144 Å². The molecule has 2 heterocycles. The Morgan fingerprint density at radius 1 is 0.840 bits per heavy atom. The molecule has 25 heavy (non-hydrogen) atoms. The third-order valence-corrected chi connectivity index (χ3v) is 4.76. The molecule has 0 aromatic heterocycles. The predicted molar refractivity (Wildman–Crippen MR) is 96.0 cm³/mol. The zero-order valence-electron chi connectivity index (χ0n) is 13.9. The lowest BCUT2D eigenvalue weighted by atomic mass is 9.95. The minimum Gasteiger partial charge on any atom is -0.340 e. The van der Waals surface area contributed by atoms with Crippen molar-refractivity contribution >= 4 is 11.4 Å². The summed E-state index contributed by atoms with van der Waals surface area (Å²) in [5.41, 5.74) is 24.1. The van der Waals surface area contributed by atoms with E-state index in [1.807, 2.05) is 50.2 Å². The predicted octanol–water partition coefficient (Wildman–Crippen LogP) is 5.22. The minimum absolute atomic E-state index is 0.426. The number of benzene rings is 2. The van der Waals surface area contributed by atoms with E-state index in [-0.39, 0.29) is 0 Å². The summed E-state index contributed by atoms with van der Waals surface area (Å²) in [4.78, 5) is 10.2. The average Bonchev–Trinajstić information content (AvgIpc) is 2.60. The summed E-state index contributed by atoms with van der Waals surface area (Å²) in [7, 11) is 0. The molecule has 4 rings (SSSR count). The van der Waals surface area contributed by atoms with Gasteiger partial charge in [0.25, 0.3) is 0 Å². The molecule has 2 aromatic carbocycles. The van der Waals surface area contributed by atoms with Gasteiger partial charge in [0.1, 0.15) is 12.3 Å². The molecule has 8 heteroatoms. The fourth-order valence-corrected chi connectivity index (χ4v) is 3.70. The number of rotatable bonds is 2. The van der Waals surface area contributed by atoms with Crippen molar-refractivity contribution in [1.29, 1.82) is 0 Å². The lowest BCUT2D eigenvalue weighted by Crippen LogP contribution is -2.50. The molecule has 2 atom stereocenters. The highest BCUT2D eigenvalue weighted by molar-refractivity contribution is 5.71. The van der Waals surface area contributed by atoms with Crippen molar-refractivity contribution in [3.63, 3.8) is 0 Å². The summed E-state index contributed by atoms with van der Waals surface area (Å²) >= 11 is 0. The van der Waals surface area contributed by atoms with E-state index in [1.54, 1.807) is 0 Å². The molecule has 8 nitrogen and oxygen atoms in total. The lowest BCUT2D eigenvalue weighted by Gasteiger charge is -2.50. The Bertz CT molecular complexity index is 878.